The van der Waals surface area contributed by atoms with Crippen LogP contribution in [0.25, 0.3) is 0 Å². The number of nitrogens with zero attached hydrogens (tertiary/aromatic N) is 1. The molecule has 126 valence electrons. The van der Waals surface area contributed by atoms with Crippen LogP contribution in [0, 0.1) is 0 Å². The first-order valence-corrected chi connectivity index (χ1v) is 8.80. The van der Waals surface area contributed by atoms with Crippen molar-refractivity contribution in [3.05, 3.63) is 108 Å². The summed E-state index contributed by atoms with van der Waals surface area (Å²) < 4.78 is 0. The van der Waals surface area contributed by atoms with E-state index in [-0.39, 0.29) is 12.1 Å². The fourth-order valence-corrected chi connectivity index (χ4v) is 3.87. The molecule has 4 atom stereocenters. The van der Waals surface area contributed by atoms with E-state index in [1.807, 2.05) is 49.4 Å². The Morgan fingerprint density at radius 3 is 1.92 bits per heavy atom. The fourth-order valence-electron chi connectivity index (χ4n) is 3.87. The lowest BCUT2D eigenvalue weighted by Crippen LogP contribution is -2.31. The summed E-state index contributed by atoms with van der Waals surface area (Å²) >= 11 is 0. The van der Waals surface area contributed by atoms with Crippen molar-refractivity contribution in [3.63, 3.8) is 0 Å². The van der Waals surface area contributed by atoms with Crippen LogP contribution in [0.5, 0.6) is 0 Å². The lowest BCUT2D eigenvalue weighted by Gasteiger charge is -2.24. The third-order valence-corrected chi connectivity index (χ3v) is 5.21. The smallest absolute Gasteiger partial charge is 0.104 e. The maximum Gasteiger partial charge on any atom is 0.104 e. The molecule has 3 aromatic rings. The molecule has 0 aromatic heterocycles. The highest BCUT2D eigenvalue weighted by atomic mass is 16.3. The second-order valence-corrected chi connectivity index (χ2v) is 6.97. The van der Waals surface area contributed by atoms with E-state index in [1.165, 1.54) is 11.1 Å². The molecule has 0 saturated carbocycles. The zero-order valence-corrected chi connectivity index (χ0v) is 14.4. The number of benzene rings is 3. The highest BCUT2D eigenvalue weighted by molar-refractivity contribution is 5.35. The number of hydrogen-bond donors (Lipinski definition) is 1. The summed E-state index contributed by atoms with van der Waals surface area (Å²) in [5.41, 5.74) is 2.61. The molecular formula is C23H23NO. The molecule has 0 bridgehead atoms. The highest BCUT2D eigenvalue weighted by Gasteiger charge is 2.57. The van der Waals surface area contributed by atoms with Crippen LogP contribution in [-0.2, 0) is 12.1 Å². The molecule has 25 heavy (non-hydrogen) atoms. The molecule has 1 aliphatic heterocycles. The van der Waals surface area contributed by atoms with E-state index < -0.39 is 5.60 Å². The van der Waals surface area contributed by atoms with Gasteiger partial charge in [-0.3, -0.25) is 4.90 Å². The van der Waals surface area contributed by atoms with E-state index in [0.717, 1.165) is 12.1 Å². The summed E-state index contributed by atoms with van der Waals surface area (Å²) in [6, 6.07) is 31.3. The molecule has 1 saturated heterocycles. The Labute approximate surface area is 149 Å². The van der Waals surface area contributed by atoms with Gasteiger partial charge >= 0.3 is 0 Å². The standard InChI is InChI=1S/C23H23NO/c1-23(25,20-15-9-4-10-16-20)22-21(19-13-7-3-8-14-19)24(22)17-18-11-5-2-6-12-18/h2-16,21-22,25H,17H2,1H3/t21-,22-,23-,24?/m0/s1. The van der Waals surface area contributed by atoms with Gasteiger partial charge in [-0.25, -0.2) is 0 Å². The van der Waals surface area contributed by atoms with Crippen LogP contribution in [0.4, 0.5) is 0 Å². The second kappa shape index (κ2) is 6.47. The Hall–Kier alpha value is -2.42. The second-order valence-electron chi connectivity index (χ2n) is 6.97. The van der Waals surface area contributed by atoms with Gasteiger partial charge in [0, 0.05) is 6.54 Å². The van der Waals surface area contributed by atoms with Gasteiger partial charge in [0.05, 0.1) is 12.1 Å². The van der Waals surface area contributed by atoms with Crippen LogP contribution in [0.15, 0.2) is 91.0 Å². The first-order valence-electron chi connectivity index (χ1n) is 8.80. The average Bonchev–Trinajstić information content (AvgIpc) is 3.39. The van der Waals surface area contributed by atoms with E-state index in [2.05, 4.69) is 53.4 Å². The van der Waals surface area contributed by atoms with Crippen molar-refractivity contribution in [2.24, 2.45) is 0 Å². The maximum absolute atomic E-state index is 11.4. The average molecular weight is 329 g/mol. The van der Waals surface area contributed by atoms with Crippen LogP contribution in [-0.4, -0.2) is 16.0 Å². The Kier molecular flexibility index (Phi) is 4.16. The molecule has 2 heteroatoms. The Bertz CT molecular complexity index is 814. The normalized spacial score (nSPS) is 24.5. The van der Waals surface area contributed by atoms with E-state index in [4.69, 9.17) is 0 Å². The van der Waals surface area contributed by atoms with Gasteiger partial charge in [0.15, 0.2) is 0 Å². The van der Waals surface area contributed by atoms with E-state index >= 15 is 0 Å². The topological polar surface area (TPSA) is 23.2 Å². The Morgan fingerprint density at radius 1 is 0.800 bits per heavy atom. The fraction of sp³-hybridized carbons (Fsp3) is 0.217. The zero-order chi connectivity index (χ0) is 17.3. The largest absolute Gasteiger partial charge is 0.384 e. The lowest BCUT2D eigenvalue weighted by molar-refractivity contribution is 0.0403. The Morgan fingerprint density at radius 2 is 1.32 bits per heavy atom. The predicted molar refractivity (Wildman–Crippen MR) is 101 cm³/mol. The van der Waals surface area contributed by atoms with Crippen LogP contribution < -0.4 is 0 Å². The summed E-state index contributed by atoms with van der Waals surface area (Å²) in [7, 11) is 0. The summed E-state index contributed by atoms with van der Waals surface area (Å²) in [4.78, 5) is 2.39. The third-order valence-electron chi connectivity index (χ3n) is 5.21. The van der Waals surface area contributed by atoms with Crippen LogP contribution in [0.3, 0.4) is 0 Å². The van der Waals surface area contributed by atoms with Gasteiger partial charge in [-0.15, -0.1) is 0 Å². The summed E-state index contributed by atoms with van der Waals surface area (Å²) in [5, 5.41) is 11.4. The molecule has 3 aromatic carbocycles. The number of rotatable bonds is 5. The molecule has 1 aliphatic rings. The van der Waals surface area contributed by atoms with Crippen molar-refractivity contribution in [1.82, 2.24) is 4.90 Å². The highest BCUT2D eigenvalue weighted by Crippen LogP contribution is 2.52. The van der Waals surface area contributed by atoms with Gasteiger partial charge in [0.25, 0.3) is 0 Å². The summed E-state index contributed by atoms with van der Waals surface area (Å²) in [5.74, 6) is 0. The Balaban J connectivity index is 1.66. The predicted octanol–water partition coefficient (Wildman–Crippen LogP) is 4.52. The molecular weight excluding hydrogens is 306 g/mol. The van der Waals surface area contributed by atoms with Gasteiger partial charge in [0.1, 0.15) is 5.60 Å². The number of hydrogen-bond acceptors (Lipinski definition) is 2. The van der Waals surface area contributed by atoms with Crippen molar-refractivity contribution < 1.29 is 5.11 Å². The minimum absolute atomic E-state index is 0.0671. The van der Waals surface area contributed by atoms with Gasteiger partial charge in [-0.1, -0.05) is 91.0 Å². The molecule has 0 spiro atoms. The van der Waals surface area contributed by atoms with Crippen molar-refractivity contribution in [3.8, 4) is 0 Å². The molecule has 1 N–H and O–H groups in total. The van der Waals surface area contributed by atoms with Crippen molar-refractivity contribution in [2.75, 3.05) is 0 Å². The number of aliphatic hydroxyl groups is 1. The van der Waals surface area contributed by atoms with Gasteiger partial charge in [-0.2, -0.15) is 0 Å². The lowest BCUT2D eigenvalue weighted by atomic mass is 9.89. The van der Waals surface area contributed by atoms with Gasteiger partial charge in [-0.05, 0) is 23.6 Å². The van der Waals surface area contributed by atoms with Crippen LogP contribution >= 0.6 is 0 Å². The molecule has 0 radical (unpaired) electrons. The molecule has 2 nitrogen and oxygen atoms in total. The minimum Gasteiger partial charge on any atom is -0.384 e. The molecule has 1 unspecified atom stereocenters. The van der Waals surface area contributed by atoms with Crippen molar-refractivity contribution in [2.45, 2.75) is 31.2 Å². The van der Waals surface area contributed by atoms with Crippen LogP contribution in [0.2, 0.25) is 0 Å². The molecule has 0 amide bonds. The van der Waals surface area contributed by atoms with Gasteiger partial charge in [0.2, 0.25) is 0 Å². The van der Waals surface area contributed by atoms with Crippen molar-refractivity contribution in [1.29, 1.82) is 0 Å². The maximum atomic E-state index is 11.4. The van der Waals surface area contributed by atoms with Gasteiger partial charge < -0.3 is 5.11 Å². The third kappa shape index (κ3) is 3.11. The van der Waals surface area contributed by atoms with Crippen LogP contribution in [0.1, 0.15) is 29.7 Å². The molecule has 1 fully saturated rings. The monoisotopic (exact) mass is 329 g/mol. The molecule has 1 heterocycles. The summed E-state index contributed by atoms with van der Waals surface area (Å²) in [6.45, 7) is 2.78. The molecule has 4 rings (SSSR count). The zero-order valence-electron chi connectivity index (χ0n) is 14.4. The van der Waals surface area contributed by atoms with E-state index in [1.54, 1.807) is 0 Å². The molecule has 0 aliphatic carbocycles. The van der Waals surface area contributed by atoms with E-state index in [9.17, 15) is 5.11 Å². The minimum atomic E-state index is -0.892. The van der Waals surface area contributed by atoms with Crippen molar-refractivity contribution >= 4 is 0 Å². The SMILES string of the molecule is C[C@](O)(c1ccccc1)[C@@H]1[C@H](c2ccccc2)N1Cc1ccccc1. The quantitative estimate of drug-likeness (QED) is 0.696. The first kappa shape index (κ1) is 16.1. The first-order chi connectivity index (χ1) is 12.2. The van der Waals surface area contributed by atoms with E-state index in [0.29, 0.717) is 0 Å². The summed E-state index contributed by atoms with van der Waals surface area (Å²) in [6.07, 6.45) is 0.